The summed E-state index contributed by atoms with van der Waals surface area (Å²) in [5, 5.41) is 3.67. The fraction of sp³-hybridized carbons (Fsp3) is 1.00. The van der Waals surface area contributed by atoms with Crippen molar-refractivity contribution in [1.82, 2.24) is 10.2 Å². The minimum Gasteiger partial charge on any atom is -0.314 e. The van der Waals surface area contributed by atoms with Crippen LogP contribution in [0.5, 0.6) is 0 Å². The lowest BCUT2D eigenvalue weighted by Gasteiger charge is -2.30. The molecule has 1 aliphatic carbocycles. The van der Waals surface area contributed by atoms with Gasteiger partial charge in [0.25, 0.3) is 0 Å². The highest BCUT2D eigenvalue weighted by Crippen LogP contribution is 2.34. The summed E-state index contributed by atoms with van der Waals surface area (Å²) in [5.41, 5.74) is 0.495. The van der Waals surface area contributed by atoms with E-state index in [1.165, 1.54) is 58.3 Å². The van der Waals surface area contributed by atoms with Crippen LogP contribution in [0.2, 0.25) is 0 Å². The van der Waals surface area contributed by atoms with E-state index in [9.17, 15) is 0 Å². The summed E-state index contributed by atoms with van der Waals surface area (Å²) in [5.74, 6) is 1.71. The third kappa shape index (κ3) is 5.43. The second-order valence-corrected chi connectivity index (χ2v) is 8.08. The maximum atomic E-state index is 3.67. The van der Waals surface area contributed by atoms with Gasteiger partial charge in [0.05, 0.1) is 0 Å². The molecule has 2 aliphatic rings. The molecule has 2 heteroatoms. The first-order valence-corrected chi connectivity index (χ1v) is 8.41. The van der Waals surface area contributed by atoms with Gasteiger partial charge in [-0.05, 0) is 69.0 Å². The molecule has 19 heavy (non-hydrogen) atoms. The number of likely N-dealkylation sites (tertiary alicyclic amines) is 1. The van der Waals surface area contributed by atoms with Crippen molar-refractivity contribution in [1.29, 1.82) is 0 Å². The molecular formula is C17H34N2. The maximum Gasteiger partial charge on any atom is 0.00683 e. The van der Waals surface area contributed by atoms with Crippen LogP contribution in [-0.2, 0) is 0 Å². The van der Waals surface area contributed by atoms with Crippen LogP contribution in [0.1, 0.15) is 59.8 Å². The van der Waals surface area contributed by atoms with Gasteiger partial charge >= 0.3 is 0 Å². The molecule has 1 aliphatic heterocycles. The molecule has 0 bridgehead atoms. The molecule has 2 nitrogen and oxygen atoms in total. The maximum absolute atomic E-state index is 3.67. The predicted molar refractivity (Wildman–Crippen MR) is 83.4 cm³/mol. The Bertz CT molecular complexity index is 265. The molecule has 1 N–H and O–H groups in total. The van der Waals surface area contributed by atoms with Gasteiger partial charge in [-0.2, -0.15) is 0 Å². The SMILES string of the molecule is CC(CNC1CC1)CN1CCCC(C(C)(C)C)CC1. The molecule has 2 atom stereocenters. The van der Waals surface area contributed by atoms with Gasteiger partial charge < -0.3 is 10.2 Å². The zero-order valence-corrected chi connectivity index (χ0v) is 13.5. The van der Waals surface area contributed by atoms with Crippen molar-refractivity contribution in [3.63, 3.8) is 0 Å². The third-order valence-corrected chi connectivity index (χ3v) is 4.95. The molecule has 0 amide bonds. The Morgan fingerprint density at radius 2 is 1.84 bits per heavy atom. The Balaban J connectivity index is 1.69. The Labute approximate surface area is 120 Å². The molecular weight excluding hydrogens is 232 g/mol. The topological polar surface area (TPSA) is 15.3 Å². The summed E-state index contributed by atoms with van der Waals surface area (Å²) >= 11 is 0. The molecule has 1 saturated heterocycles. The standard InChI is InChI=1S/C17H34N2/c1-14(12-18-16-7-8-16)13-19-10-5-6-15(9-11-19)17(2,3)4/h14-16,18H,5-13H2,1-4H3. The Morgan fingerprint density at radius 3 is 2.47 bits per heavy atom. The summed E-state index contributed by atoms with van der Waals surface area (Å²) in [7, 11) is 0. The lowest BCUT2D eigenvalue weighted by atomic mass is 9.77. The number of nitrogens with one attached hydrogen (secondary N) is 1. The smallest absolute Gasteiger partial charge is 0.00683 e. The third-order valence-electron chi connectivity index (χ3n) is 4.95. The molecule has 112 valence electrons. The van der Waals surface area contributed by atoms with E-state index in [1.807, 2.05) is 0 Å². The van der Waals surface area contributed by atoms with E-state index in [2.05, 4.69) is 37.9 Å². The van der Waals surface area contributed by atoms with E-state index in [1.54, 1.807) is 0 Å². The van der Waals surface area contributed by atoms with Crippen LogP contribution in [0, 0.1) is 17.3 Å². The molecule has 0 spiro atoms. The number of hydrogen-bond donors (Lipinski definition) is 1. The van der Waals surface area contributed by atoms with E-state index in [0.717, 1.165) is 17.9 Å². The number of nitrogens with zero attached hydrogens (tertiary/aromatic N) is 1. The van der Waals surface area contributed by atoms with Crippen molar-refractivity contribution in [2.24, 2.45) is 17.3 Å². The summed E-state index contributed by atoms with van der Waals surface area (Å²) in [6.07, 6.45) is 7.03. The molecule has 0 aromatic rings. The van der Waals surface area contributed by atoms with Gasteiger partial charge in [0, 0.05) is 12.6 Å². The molecule has 1 saturated carbocycles. The largest absolute Gasteiger partial charge is 0.314 e. The first-order chi connectivity index (χ1) is 8.95. The van der Waals surface area contributed by atoms with Crippen molar-refractivity contribution < 1.29 is 0 Å². The fourth-order valence-corrected chi connectivity index (χ4v) is 3.37. The van der Waals surface area contributed by atoms with E-state index >= 15 is 0 Å². The van der Waals surface area contributed by atoms with Crippen molar-refractivity contribution in [2.45, 2.75) is 65.8 Å². The Kier molecular flexibility index (Phi) is 5.30. The monoisotopic (exact) mass is 266 g/mol. The summed E-state index contributed by atoms with van der Waals surface area (Å²) in [6, 6.07) is 0.858. The summed E-state index contributed by atoms with van der Waals surface area (Å²) in [6.45, 7) is 14.8. The van der Waals surface area contributed by atoms with E-state index in [4.69, 9.17) is 0 Å². The summed E-state index contributed by atoms with van der Waals surface area (Å²) < 4.78 is 0. The normalized spacial score (nSPS) is 28.1. The lowest BCUT2D eigenvalue weighted by Crippen LogP contribution is -2.35. The van der Waals surface area contributed by atoms with E-state index in [-0.39, 0.29) is 0 Å². The minimum atomic E-state index is 0.495. The molecule has 2 rings (SSSR count). The fourth-order valence-electron chi connectivity index (χ4n) is 3.37. The Hall–Kier alpha value is -0.0800. The van der Waals surface area contributed by atoms with Crippen LogP contribution >= 0.6 is 0 Å². The van der Waals surface area contributed by atoms with Crippen molar-refractivity contribution >= 4 is 0 Å². The van der Waals surface area contributed by atoms with Gasteiger partial charge in [-0.3, -0.25) is 0 Å². The van der Waals surface area contributed by atoms with Crippen LogP contribution < -0.4 is 5.32 Å². The zero-order valence-electron chi connectivity index (χ0n) is 13.5. The van der Waals surface area contributed by atoms with Crippen LogP contribution in [0.25, 0.3) is 0 Å². The molecule has 2 fully saturated rings. The van der Waals surface area contributed by atoms with Gasteiger partial charge in [-0.15, -0.1) is 0 Å². The molecule has 0 radical (unpaired) electrons. The van der Waals surface area contributed by atoms with Gasteiger partial charge in [-0.25, -0.2) is 0 Å². The highest BCUT2D eigenvalue weighted by molar-refractivity contribution is 4.83. The second-order valence-electron chi connectivity index (χ2n) is 8.08. The molecule has 0 aromatic heterocycles. The van der Waals surface area contributed by atoms with Crippen molar-refractivity contribution in [3.05, 3.63) is 0 Å². The first-order valence-electron chi connectivity index (χ1n) is 8.41. The van der Waals surface area contributed by atoms with Gasteiger partial charge in [0.2, 0.25) is 0 Å². The first kappa shape index (κ1) is 15.3. The lowest BCUT2D eigenvalue weighted by molar-refractivity contribution is 0.200. The minimum absolute atomic E-state index is 0.495. The molecule has 2 unspecified atom stereocenters. The van der Waals surface area contributed by atoms with Crippen LogP contribution in [0.15, 0.2) is 0 Å². The highest BCUT2D eigenvalue weighted by atomic mass is 15.1. The van der Waals surface area contributed by atoms with Crippen LogP contribution in [0.4, 0.5) is 0 Å². The second kappa shape index (κ2) is 6.58. The Morgan fingerprint density at radius 1 is 1.11 bits per heavy atom. The predicted octanol–water partition coefficient (Wildman–Crippen LogP) is 3.52. The number of rotatable bonds is 5. The molecule has 1 heterocycles. The van der Waals surface area contributed by atoms with E-state index < -0.39 is 0 Å². The van der Waals surface area contributed by atoms with E-state index in [0.29, 0.717) is 5.41 Å². The van der Waals surface area contributed by atoms with Crippen LogP contribution in [-0.4, -0.2) is 37.1 Å². The van der Waals surface area contributed by atoms with Crippen LogP contribution in [0.3, 0.4) is 0 Å². The average Bonchev–Trinajstić information content (AvgIpc) is 3.12. The number of hydrogen-bond acceptors (Lipinski definition) is 2. The quantitative estimate of drug-likeness (QED) is 0.819. The van der Waals surface area contributed by atoms with Gasteiger partial charge in [-0.1, -0.05) is 27.7 Å². The highest BCUT2D eigenvalue weighted by Gasteiger charge is 2.27. The van der Waals surface area contributed by atoms with Gasteiger partial charge in [0.15, 0.2) is 0 Å². The average molecular weight is 266 g/mol. The van der Waals surface area contributed by atoms with Crippen molar-refractivity contribution in [3.8, 4) is 0 Å². The summed E-state index contributed by atoms with van der Waals surface area (Å²) in [4.78, 5) is 2.71. The van der Waals surface area contributed by atoms with Gasteiger partial charge in [0.1, 0.15) is 0 Å². The zero-order chi connectivity index (χ0) is 13.9. The van der Waals surface area contributed by atoms with Crippen molar-refractivity contribution in [2.75, 3.05) is 26.2 Å². The molecule has 0 aromatic carbocycles.